The fourth-order valence-electron chi connectivity index (χ4n) is 1.87. The van der Waals surface area contributed by atoms with Crippen molar-refractivity contribution in [2.45, 2.75) is 13.8 Å². The van der Waals surface area contributed by atoms with Crippen molar-refractivity contribution in [2.24, 2.45) is 0 Å². The molecule has 1 N–H and O–H groups in total. The molecule has 0 spiro atoms. The summed E-state index contributed by atoms with van der Waals surface area (Å²) >= 11 is 3.29. The summed E-state index contributed by atoms with van der Waals surface area (Å²) in [6, 6.07) is 2.02. The second-order valence-electron chi connectivity index (χ2n) is 3.93. The molecule has 0 saturated carbocycles. The van der Waals surface area contributed by atoms with E-state index in [9.17, 15) is 0 Å². The van der Waals surface area contributed by atoms with Gasteiger partial charge in [-0.05, 0) is 25.3 Å². The standard InChI is InChI=1S/C12H12N4S2/c1-6-9(18-7(2)14-6)12-15-8-4-5-17-10(8)11(13-3)16-12/h4-5H,1-3H3,(H,13,15,16). The van der Waals surface area contributed by atoms with Gasteiger partial charge in [0.2, 0.25) is 0 Å². The van der Waals surface area contributed by atoms with Crippen molar-refractivity contribution in [3.05, 3.63) is 22.1 Å². The predicted octanol–water partition coefficient (Wildman–Crippen LogP) is 3.47. The number of fused-ring (bicyclic) bond motifs is 1. The Morgan fingerprint density at radius 3 is 2.67 bits per heavy atom. The van der Waals surface area contributed by atoms with Gasteiger partial charge in [-0.3, -0.25) is 0 Å². The normalized spacial score (nSPS) is 11.1. The fourth-order valence-corrected chi connectivity index (χ4v) is 3.55. The van der Waals surface area contributed by atoms with Gasteiger partial charge >= 0.3 is 0 Å². The summed E-state index contributed by atoms with van der Waals surface area (Å²) in [5.41, 5.74) is 1.98. The Bertz CT molecular complexity index is 714. The van der Waals surface area contributed by atoms with Crippen molar-refractivity contribution in [2.75, 3.05) is 12.4 Å². The number of nitrogens with one attached hydrogen (secondary N) is 1. The average Bonchev–Trinajstić information content (AvgIpc) is 2.93. The molecule has 92 valence electrons. The monoisotopic (exact) mass is 276 g/mol. The molecule has 3 heterocycles. The van der Waals surface area contributed by atoms with Crippen LogP contribution in [0.25, 0.3) is 20.9 Å². The van der Waals surface area contributed by atoms with Gasteiger partial charge in [0.25, 0.3) is 0 Å². The molecule has 3 aromatic heterocycles. The van der Waals surface area contributed by atoms with E-state index in [-0.39, 0.29) is 0 Å². The summed E-state index contributed by atoms with van der Waals surface area (Å²) in [6.07, 6.45) is 0. The first-order chi connectivity index (χ1) is 8.69. The Morgan fingerprint density at radius 2 is 2.00 bits per heavy atom. The predicted molar refractivity (Wildman–Crippen MR) is 77.5 cm³/mol. The number of aromatic nitrogens is 3. The van der Waals surface area contributed by atoms with E-state index in [4.69, 9.17) is 0 Å². The lowest BCUT2D eigenvalue weighted by atomic mass is 10.3. The van der Waals surface area contributed by atoms with Crippen LogP contribution in [0.3, 0.4) is 0 Å². The number of nitrogens with zero attached hydrogens (tertiary/aromatic N) is 3. The maximum absolute atomic E-state index is 4.62. The SMILES string of the molecule is CNc1nc(-c2sc(C)nc2C)nc2ccsc12. The molecule has 0 amide bonds. The van der Waals surface area contributed by atoms with Crippen LogP contribution in [0.1, 0.15) is 10.7 Å². The van der Waals surface area contributed by atoms with E-state index in [0.717, 1.165) is 37.4 Å². The van der Waals surface area contributed by atoms with Gasteiger partial charge in [-0.2, -0.15) is 0 Å². The molecular formula is C12H12N4S2. The van der Waals surface area contributed by atoms with Gasteiger partial charge in [0, 0.05) is 7.05 Å². The zero-order chi connectivity index (χ0) is 12.7. The van der Waals surface area contributed by atoms with Crippen LogP contribution < -0.4 is 5.32 Å². The van der Waals surface area contributed by atoms with Crippen molar-refractivity contribution in [3.8, 4) is 10.7 Å². The molecule has 0 bridgehead atoms. The van der Waals surface area contributed by atoms with Crippen molar-refractivity contribution < 1.29 is 0 Å². The third-order valence-electron chi connectivity index (χ3n) is 2.65. The number of hydrogen-bond acceptors (Lipinski definition) is 6. The molecular weight excluding hydrogens is 264 g/mol. The molecule has 0 fully saturated rings. The van der Waals surface area contributed by atoms with Gasteiger partial charge in [-0.1, -0.05) is 0 Å². The van der Waals surface area contributed by atoms with Gasteiger partial charge in [0.1, 0.15) is 5.82 Å². The van der Waals surface area contributed by atoms with Crippen LogP contribution in [0.5, 0.6) is 0 Å². The number of anilines is 1. The first-order valence-electron chi connectivity index (χ1n) is 5.56. The first-order valence-corrected chi connectivity index (χ1v) is 7.26. The second-order valence-corrected chi connectivity index (χ2v) is 6.05. The Labute approximate surface area is 113 Å². The van der Waals surface area contributed by atoms with Crippen LogP contribution >= 0.6 is 22.7 Å². The lowest BCUT2D eigenvalue weighted by Crippen LogP contribution is -1.96. The maximum atomic E-state index is 4.62. The number of rotatable bonds is 2. The molecule has 4 nitrogen and oxygen atoms in total. The Kier molecular flexibility index (Phi) is 2.76. The third kappa shape index (κ3) is 1.77. The van der Waals surface area contributed by atoms with E-state index in [0.29, 0.717) is 0 Å². The van der Waals surface area contributed by atoms with Crippen LogP contribution in [0, 0.1) is 13.8 Å². The summed E-state index contributed by atoms with van der Waals surface area (Å²) in [5, 5.41) is 6.22. The Balaban J connectivity index is 2.26. The van der Waals surface area contributed by atoms with Crippen molar-refractivity contribution in [1.29, 1.82) is 0 Å². The molecule has 18 heavy (non-hydrogen) atoms. The number of thiophene rings is 1. The molecule has 0 unspecified atom stereocenters. The van der Waals surface area contributed by atoms with E-state index >= 15 is 0 Å². The smallest absolute Gasteiger partial charge is 0.174 e. The van der Waals surface area contributed by atoms with Crippen LogP contribution in [0.4, 0.5) is 5.82 Å². The fraction of sp³-hybridized carbons (Fsp3) is 0.250. The molecule has 3 rings (SSSR count). The molecule has 0 aliphatic heterocycles. The van der Waals surface area contributed by atoms with E-state index in [2.05, 4.69) is 20.3 Å². The van der Waals surface area contributed by atoms with Crippen molar-refractivity contribution in [1.82, 2.24) is 15.0 Å². The van der Waals surface area contributed by atoms with Crippen LogP contribution in [-0.2, 0) is 0 Å². The molecule has 0 aliphatic rings. The van der Waals surface area contributed by atoms with E-state index in [1.165, 1.54) is 0 Å². The molecule has 3 aromatic rings. The van der Waals surface area contributed by atoms with E-state index in [1.54, 1.807) is 22.7 Å². The third-order valence-corrected chi connectivity index (χ3v) is 4.63. The summed E-state index contributed by atoms with van der Waals surface area (Å²) in [4.78, 5) is 14.7. The summed E-state index contributed by atoms with van der Waals surface area (Å²) in [5.74, 6) is 1.64. The largest absolute Gasteiger partial charge is 0.372 e. The summed E-state index contributed by atoms with van der Waals surface area (Å²) < 4.78 is 1.10. The minimum absolute atomic E-state index is 0.758. The molecule has 0 radical (unpaired) electrons. The lowest BCUT2D eigenvalue weighted by molar-refractivity contribution is 1.17. The topological polar surface area (TPSA) is 50.7 Å². The van der Waals surface area contributed by atoms with Gasteiger partial charge < -0.3 is 5.32 Å². The van der Waals surface area contributed by atoms with Gasteiger partial charge in [0.15, 0.2) is 5.82 Å². The number of aryl methyl sites for hydroxylation is 2. The minimum atomic E-state index is 0.758. The second kappa shape index (κ2) is 4.29. The highest BCUT2D eigenvalue weighted by Crippen LogP contribution is 2.32. The lowest BCUT2D eigenvalue weighted by Gasteiger charge is -2.04. The van der Waals surface area contributed by atoms with Crippen LogP contribution in [-0.4, -0.2) is 22.0 Å². The van der Waals surface area contributed by atoms with Crippen LogP contribution in [0.2, 0.25) is 0 Å². The van der Waals surface area contributed by atoms with E-state index in [1.807, 2.05) is 32.3 Å². The number of thiazole rings is 1. The van der Waals surface area contributed by atoms with Crippen molar-refractivity contribution in [3.63, 3.8) is 0 Å². The highest BCUT2D eigenvalue weighted by molar-refractivity contribution is 7.17. The van der Waals surface area contributed by atoms with Gasteiger partial charge in [-0.15, -0.1) is 22.7 Å². The summed E-state index contributed by atoms with van der Waals surface area (Å²) in [6.45, 7) is 4.00. The van der Waals surface area contributed by atoms with Crippen LogP contribution in [0.15, 0.2) is 11.4 Å². The van der Waals surface area contributed by atoms with Crippen molar-refractivity contribution >= 4 is 38.7 Å². The zero-order valence-electron chi connectivity index (χ0n) is 10.3. The van der Waals surface area contributed by atoms with Gasteiger partial charge in [-0.25, -0.2) is 15.0 Å². The van der Waals surface area contributed by atoms with Gasteiger partial charge in [0.05, 0.1) is 25.8 Å². The Morgan fingerprint density at radius 1 is 1.17 bits per heavy atom. The first kappa shape index (κ1) is 11.6. The quantitative estimate of drug-likeness (QED) is 0.778. The molecule has 6 heteroatoms. The average molecular weight is 276 g/mol. The number of hydrogen-bond donors (Lipinski definition) is 1. The highest BCUT2D eigenvalue weighted by atomic mass is 32.1. The minimum Gasteiger partial charge on any atom is -0.372 e. The highest BCUT2D eigenvalue weighted by Gasteiger charge is 2.14. The van der Waals surface area contributed by atoms with E-state index < -0.39 is 0 Å². The molecule has 0 atom stereocenters. The summed E-state index contributed by atoms with van der Waals surface area (Å²) in [7, 11) is 1.88. The zero-order valence-corrected chi connectivity index (χ0v) is 11.9. The Hall–Kier alpha value is -1.53. The molecule has 0 aliphatic carbocycles. The molecule has 0 saturated heterocycles. The molecule has 0 aromatic carbocycles. The maximum Gasteiger partial charge on any atom is 0.174 e.